The van der Waals surface area contributed by atoms with E-state index in [4.69, 9.17) is 5.11 Å². The van der Waals surface area contributed by atoms with E-state index in [9.17, 15) is 18.8 Å². The molecule has 0 unspecified atom stereocenters. The molecule has 0 fully saturated rings. The lowest BCUT2D eigenvalue weighted by Crippen LogP contribution is -2.39. The molecule has 0 aliphatic heterocycles. The van der Waals surface area contributed by atoms with E-state index in [-0.39, 0.29) is 17.6 Å². The van der Waals surface area contributed by atoms with Gasteiger partial charge >= 0.3 is 5.69 Å². The summed E-state index contributed by atoms with van der Waals surface area (Å²) >= 11 is 0. The highest BCUT2D eigenvalue weighted by Gasteiger charge is 2.17. The summed E-state index contributed by atoms with van der Waals surface area (Å²) in [6.07, 6.45) is 0. The Hall–Kier alpha value is -3.84. The van der Waals surface area contributed by atoms with Crippen LogP contribution in [0, 0.1) is 5.82 Å². The number of nitrogens with zero attached hydrogens (tertiary/aromatic N) is 2. The zero-order valence-electron chi connectivity index (χ0n) is 15.8. The number of fused-ring (bicyclic) bond motifs is 1. The maximum absolute atomic E-state index is 14.4. The molecule has 0 radical (unpaired) electrons. The Kier molecular flexibility index (Phi) is 5.12. The average Bonchev–Trinajstić information content (AvgIpc) is 2.78. The lowest BCUT2D eigenvalue weighted by atomic mass is 10.1. The van der Waals surface area contributed by atoms with E-state index >= 15 is 0 Å². The van der Waals surface area contributed by atoms with Crippen molar-refractivity contribution in [2.75, 3.05) is 6.61 Å². The molecule has 3 aromatic carbocycles. The summed E-state index contributed by atoms with van der Waals surface area (Å²) in [4.78, 5) is 37.8. The number of aromatic nitrogens is 2. The first-order valence-electron chi connectivity index (χ1n) is 9.24. The Balaban J connectivity index is 1.92. The predicted molar refractivity (Wildman–Crippen MR) is 111 cm³/mol. The van der Waals surface area contributed by atoms with E-state index in [2.05, 4.69) is 0 Å². The first-order chi connectivity index (χ1) is 14.5. The van der Waals surface area contributed by atoms with Crippen molar-refractivity contribution in [1.82, 2.24) is 9.13 Å². The van der Waals surface area contributed by atoms with Crippen molar-refractivity contribution in [2.45, 2.75) is 6.54 Å². The number of halogens is 1. The normalized spacial score (nSPS) is 11.0. The number of hydrogen-bond donors (Lipinski definition) is 1. The summed E-state index contributed by atoms with van der Waals surface area (Å²) in [6.45, 7) is -0.473. The Morgan fingerprint density at radius 3 is 2.27 bits per heavy atom. The van der Waals surface area contributed by atoms with Crippen molar-refractivity contribution < 1.29 is 14.3 Å². The minimum Gasteiger partial charge on any atom is -0.388 e. The Morgan fingerprint density at radius 2 is 1.57 bits per heavy atom. The van der Waals surface area contributed by atoms with Gasteiger partial charge in [0.15, 0.2) is 5.78 Å². The van der Waals surface area contributed by atoms with Crippen LogP contribution in [0.2, 0.25) is 0 Å². The second-order valence-corrected chi connectivity index (χ2v) is 6.76. The molecule has 30 heavy (non-hydrogen) atoms. The molecule has 1 N–H and O–H groups in total. The monoisotopic (exact) mass is 404 g/mol. The Labute approximate surface area is 170 Å². The third kappa shape index (κ3) is 3.35. The molecule has 1 aromatic heterocycles. The summed E-state index contributed by atoms with van der Waals surface area (Å²) < 4.78 is 16.6. The van der Waals surface area contributed by atoms with Gasteiger partial charge in [-0.25, -0.2) is 13.8 Å². The first kappa shape index (κ1) is 19.5. The van der Waals surface area contributed by atoms with Gasteiger partial charge < -0.3 is 5.11 Å². The van der Waals surface area contributed by atoms with Crippen LogP contribution in [0.15, 0.2) is 82.4 Å². The molecule has 0 spiro atoms. The highest BCUT2D eigenvalue weighted by atomic mass is 19.1. The van der Waals surface area contributed by atoms with Crippen LogP contribution < -0.4 is 11.2 Å². The zero-order valence-corrected chi connectivity index (χ0v) is 15.8. The summed E-state index contributed by atoms with van der Waals surface area (Å²) in [7, 11) is 0. The molecule has 4 rings (SSSR count). The lowest BCUT2D eigenvalue weighted by Gasteiger charge is -2.15. The van der Waals surface area contributed by atoms with Crippen LogP contribution >= 0.6 is 0 Å². The van der Waals surface area contributed by atoms with Gasteiger partial charge in [0.2, 0.25) is 0 Å². The van der Waals surface area contributed by atoms with Crippen molar-refractivity contribution in [3.8, 4) is 5.69 Å². The van der Waals surface area contributed by atoms with Crippen molar-refractivity contribution in [1.29, 1.82) is 0 Å². The predicted octanol–water partition coefficient (Wildman–Crippen LogP) is 2.51. The quantitative estimate of drug-likeness (QED) is 0.519. The van der Waals surface area contributed by atoms with Crippen LogP contribution in [0.25, 0.3) is 16.6 Å². The molecule has 4 aromatic rings. The van der Waals surface area contributed by atoms with Gasteiger partial charge in [0.1, 0.15) is 12.4 Å². The third-order valence-corrected chi connectivity index (χ3v) is 4.90. The number of ketones is 1. The van der Waals surface area contributed by atoms with Crippen molar-refractivity contribution in [3.05, 3.63) is 111 Å². The maximum Gasteiger partial charge on any atom is 0.336 e. The van der Waals surface area contributed by atoms with Gasteiger partial charge in [-0.1, -0.05) is 48.5 Å². The van der Waals surface area contributed by atoms with Gasteiger partial charge in [0.25, 0.3) is 5.56 Å². The molecule has 0 saturated carbocycles. The molecule has 1 heterocycles. The molecule has 0 amide bonds. The lowest BCUT2D eigenvalue weighted by molar-refractivity contribution is 0.0903. The summed E-state index contributed by atoms with van der Waals surface area (Å²) in [5, 5.41) is 9.26. The molecular weight excluding hydrogens is 387 g/mol. The molecule has 7 heteroatoms. The molecule has 0 atom stereocenters. The molecule has 0 bridgehead atoms. The molecule has 6 nitrogen and oxygen atoms in total. The van der Waals surface area contributed by atoms with Crippen molar-refractivity contribution in [2.24, 2.45) is 0 Å². The van der Waals surface area contributed by atoms with Gasteiger partial charge in [0.05, 0.1) is 23.1 Å². The number of aliphatic hydroxyl groups is 1. The van der Waals surface area contributed by atoms with E-state index in [1.807, 2.05) is 0 Å². The van der Waals surface area contributed by atoms with Crippen LogP contribution in [-0.2, 0) is 6.54 Å². The highest BCUT2D eigenvalue weighted by Crippen LogP contribution is 2.14. The number of hydrogen-bond acceptors (Lipinski definition) is 4. The average molecular weight is 404 g/mol. The number of para-hydroxylation sites is 2. The fourth-order valence-electron chi connectivity index (χ4n) is 3.39. The number of Topliss-reactive ketones (excluding diaryl/α,β-unsaturated/α-hetero) is 1. The van der Waals surface area contributed by atoms with Crippen LogP contribution in [0.3, 0.4) is 0 Å². The molecule has 0 aliphatic rings. The van der Waals surface area contributed by atoms with Crippen LogP contribution in [-0.4, -0.2) is 26.6 Å². The fraction of sp³-hybridized carbons (Fsp3) is 0.0870. The summed E-state index contributed by atoms with van der Waals surface area (Å²) in [5.74, 6) is -1.08. The van der Waals surface area contributed by atoms with Crippen LogP contribution in [0.4, 0.5) is 4.39 Å². The zero-order chi connectivity index (χ0) is 21.3. The topological polar surface area (TPSA) is 81.3 Å². The summed E-state index contributed by atoms with van der Waals surface area (Å²) in [6, 6.07) is 18.7. The van der Waals surface area contributed by atoms with Crippen LogP contribution in [0.5, 0.6) is 0 Å². The van der Waals surface area contributed by atoms with Gasteiger partial charge in [0, 0.05) is 5.56 Å². The standard InChI is InChI=1S/C23H17FN2O4/c24-18-6-2-4-8-20(18)26-22(29)17-5-1-3-7-19(17)25(23(26)30)13-15-9-11-16(12-10-15)21(28)14-27/h1-12,27H,13-14H2. The summed E-state index contributed by atoms with van der Waals surface area (Å²) in [5.41, 5.74) is 0.108. The maximum atomic E-state index is 14.4. The number of rotatable bonds is 5. The minimum absolute atomic E-state index is 0.113. The van der Waals surface area contributed by atoms with Gasteiger partial charge in [-0.15, -0.1) is 0 Å². The van der Waals surface area contributed by atoms with E-state index in [0.717, 1.165) is 4.57 Å². The van der Waals surface area contributed by atoms with Crippen molar-refractivity contribution >= 4 is 16.7 Å². The second kappa shape index (κ2) is 7.88. The Bertz CT molecular complexity index is 1370. The van der Waals surface area contributed by atoms with Gasteiger partial charge in [-0.2, -0.15) is 0 Å². The Morgan fingerprint density at radius 1 is 0.900 bits per heavy atom. The minimum atomic E-state index is -0.676. The second-order valence-electron chi connectivity index (χ2n) is 6.76. The van der Waals surface area contributed by atoms with E-state index in [1.165, 1.54) is 22.8 Å². The molecule has 0 saturated heterocycles. The fourth-order valence-corrected chi connectivity index (χ4v) is 3.39. The number of carbonyl (C=O) groups is 1. The molecular formula is C23H17FN2O4. The smallest absolute Gasteiger partial charge is 0.336 e. The van der Waals surface area contributed by atoms with E-state index in [1.54, 1.807) is 54.6 Å². The molecule has 0 aliphatic carbocycles. The van der Waals surface area contributed by atoms with E-state index < -0.39 is 29.5 Å². The first-order valence-corrected chi connectivity index (χ1v) is 9.24. The van der Waals surface area contributed by atoms with Gasteiger partial charge in [-0.3, -0.25) is 14.2 Å². The largest absolute Gasteiger partial charge is 0.388 e. The SMILES string of the molecule is O=C(CO)c1ccc(Cn2c(=O)n(-c3ccccc3F)c(=O)c3ccccc32)cc1. The van der Waals surface area contributed by atoms with Crippen molar-refractivity contribution in [3.63, 3.8) is 0 Å². The van der Waals surface area contributed by atoms with E-state index in [0.29, 0.717) is 16.6 Å². The highest BCUT2D eigenvalue weighted by molar-refractivity contribution is 5.96. The number of aliphatic hydroxyl groups excluding tert-OH is 1. The number of benzene rings is 3. The number of carbonyl (C=O) groups excluding carboxylic acids is 1. The van der Waals surface area contributed by atoms with Gasteiger partial charge in [-0.05, 0) is 29.8 Å². The third-order valence-electron chi connectivity index (χ3n) is 4.90. The van der Waals surface area contributed by atoms with Crippen LogP contribution in [0.1, 0.15) is 15.9 Å². The molecule has 150 valence electrons.